The smallest absolute Gasteiger partial charge is 0.161 e. The van der Waals surface area contributed by atoms with E-state index in [4.69, 9.17) is 13.9 Å². The minimum absolute atomic E-state index is 0.294. The van der Waals surface area contributed by atoms with Crippen molar-refractivity contribution in [2.24, 2.45) is 0 Å². The number of nitrogens with zero attached hydrogens (tertiary/aromatic N) is 1. The summed E-state index contributed by atoms with van der Waals surface area (Å²) in [7, 11) is 3.31. The van der Waals surface area contributed by atoms with Crippen LogP contribution < -0.4 is 14.8 Å². The van der Waals surface area contributed by atoms with Gasteiger partial charge in [-0.1, -0.05) is 6.07 Å². The Morgan fingerprint density at radius 2 is 1.92 bits per heavy atom. The Morgan fingerprint density at radius 1 is 1.12 bits per heavy atom. The van der Waals surface area contributed by atoms with E-state index in [1.807, 2.05) is 18.2 Å². The van der Waals surface area contributed by atoms with Gasteiger partial charge in [0.05, 0.1) is 26.5 Å². The molecule has 1 fully saturated rings. The zero-order chi connectivity index (χ0) is 16.8. The first-order chi connectivity index (χ1) is 11.8. The van der Waals surface area contributed by atoms with Crippen LogP contribution in [0.2, 0.25) is 0 Å². The molecule has 130 valence electrons. The van der Waals surface area contributed by atoms with Gasteiger partial charge in [0.25, 0.3) is 0 Å². The zero-order valence-electron chi connectivity index (χ0n) is 14.5. The number of nitrogens with one attached hydrogen (secondary N) is 1. The van der Waals surface area contributed by atoms with Crippen LogP contribution in [0.3, 0.4) is 0 Å². The molecule has 1 aromatic carbocycles. The Morgan fingerprint density at radius 3 is 2.58 bits per heavy atom. The van der Waals surface area contributed by atoms with Crippen LogP contribution in [0.15, 0.2) is 41.0 Å². The first-order valence-corrected chi connectivity index (χ1v) is 8.51. The molecule has 0 unspecified atom stereocenters. The summed E-state index contributed by atoms with van der Waals surface area (Å²) in [6, 6.07) is 10.4. The summed E-state index contributed by atoms with van der Waals surface area (Å²) in [6.45, 7) is 3.93. The highest BCUT2D eigenvalue weighted by atomic mass is 16.5. The van der Waals surface area contributed by atoms with E-state index >= 15 is 0 Å². The van der Waals surface area contributed by atoms with E-state index < -0.39 is 0 Å². The Labute approximate surface area is 143 Å². The van der Waals surface area contributed by atoms with Crippen molar-refractivity contribution >= 4 is 0 Å². The lowest BCUT2D eigenvalue weighted by Crippen LogP contribution is -2.33. The third kappa shape index (κ3) is 3.91. The van der Waals surface area contributed by atoms with Gasteiger partial charge in [-0.2, -0.15) is 0 Å². The molecule has 0 bridgehead atoms. The van der Waals surface area contributed by atoms with E-state index in [0.29, 0.717) is 6.04 Å². The van der Waals surface area contributed by atoms with Crippen LogP contribution in [0.5, 0.6) is 11.5 Å². The van der Waals surface area contributed by atoms with Crippen LogP contribution in [-0.4, -0.2) is 38.8 Å². The highest BCUT2D eigenvalue weighted by molar-refractivity contribution is 5.42. The summed E-state index contributed by atoms with van der Waals surface area (Å²) in [4.78, 5) is 2.50. The van der Waals surface area contributed by atoms with Gasteiger partial charge in [0.1, 0.15) is 5.76 Å². The molecule has 1 aromatic heterocycles. The topological polar surface area (TPSA) is 46.9 Å². The number of hydrogen-bond donors (Lipinski definition) is 1. The van der Waals surface area contributed by atoms with Crippen LogP contribution in [0.25, 0.3) is 0 Å². The number of likely N-dealkylation sites (tertiary alicyclic amines) is 1. The third-order valence-corrected chi connectivity index (χ3v) is 4.57. The molecule has 1 aliphatic rings. The summed E-state index contributed by atoms with van der Waals surface area (Å²) < 4.78 is 16.3. The lowest BCUT2D eigenvalue weighted by molar-refractivity contribution is 0.209. The van der Waals surface area contributed by atoms with Gasteiger partial charge in [-0.3, -0.25) is 4.90 Å². The van der Waals surface area contributed by atoms with Gasteiger partial charge in [0, 0.05) is 13.1 Å². The van der Waals surface area contributed by atoms with Gasteiger partial charge in [-0.05, 0) is 55.8 Å². The van der Waals surface area contributed by atoms with E-state index in [0.717, 1.165) is 43.4 Å². The molecule has 1 saturated heterocycles. The number of hydrogen-bond acceptors (Lipinski definition) is 5. The average Bonchev–Trinajstić information content (AvgIpc) is 3.32. The quantitative estimate of drug-likeness (QED) is 0.805. The van der Waals surface area contributed by atoms with E-state index in [1.54, 1.807) is 20.5 Å². The second-order valence-electron chi connectivity index (χ2n) is 6.09. The Kier molecular flexibility index (Phi) is 5.77. The molecule has 0 saturated carbocycles. The molecule has 3 rings (SSSR count). The molecule has 24 heavy (non-hydrogen) atoms. The summed E-state index contributed by atoms with van der Waals surface area (Å²) in [6.07, 6.45) is 4.30. The highest BCUT2D eigenvalue weighted by Gasteiger charge is 2.25. The number of methoxy groups -OCH3 is 2. The molecule has 5 heteroatoms. The highest BCUT2D eigenvalue weighted by Crippen LogP contribution is 2.28. The second-order valence-corrected chi connectivity index (χ2v) is 6.09. The maximum Gasteiger partial charge on any atom is 0.161 e. The monoisotopic (exact) mass is 330 g/mol. The van der Waals surface area contributed by atoms with Crippen molar-refractivity contribution in [3.05, 3.63) is 47.9 Å². The molecule has 0 spiro atoms. The lowest BCUT2D eigenvalue weighted by atomic mass is 10.1. The summed E-state index contributed by atoms with van der Waals surface area (Å²) in [5.41, 5.74) is 1.17. The molecule has 2 heterocycles. The molecule has 5 nitrogen and oxygen atoms in total. The average molecular weight is 330 g/mol. The maximum atomic E-state index is 5.66. The first kappa shape index (κ1) is 16.9. The van der Waals surface area contributed by atoms with E-state index in [2.05, 4.69) is 22.3 Å². The van der Waals surface area contributed by atoms with Gasteiger partial charge in [0.15, 0.2) is 11.5 Å². The number of furan rings is 1. The maximum absolute atomic E-state index is 5.66. The normalized spacial score (nSPS) is 16.2. The van der Waals surface area contributed by atoms with Gasteiger partial charge in [0.2, 0.25) is 0 Å². The number of ether oxygens (including phenoxy) is 2. The van der Waals surface area contributed by atoms with E-state index in [-0.39, 0.29) is 0 Å². The molecule has 0 aliphatic carbocycles. The standard InChI is InChI=1S/C19H26N2O3/c1-22-18-8-7-15(12-19(18)23-2)13-20-14-16(17-6-5-11-24-17)21-9-3-4-10-21/h5-8,11-12,16,20H,3-4,9-10,13-14H2,1-2H3/t16-/m1/s1. The predicted molar refractivity (Wildman–Crippen MR) is 93.5 cm³/mol. The summed E-state index contributed by atoms with van der Waals surface area (Å²) >= 11 is 0. The van der Waals surface area contributed by atoms with Crippen molar-refractivity contribution in [1.29, 1.82) is 0 Å². The van der Waals surface area contributed by atoms with Crippen molar-refractivity contribution in [1.82, 2.24) is 10.2 Å². The minimum atomic E-state index is 0.294. The molecule has 1 atom stereocenters. The molecule has 0 radical (unpaired) electrons. The van der Waals surface area contributed by atoms with Crippen molar-refractivity contribution in [3.63, 3.8) is 0 Å². The largest absolute Gasteiger partial charge is 0.493 e. The lowest BCUT2D eigenvalue weighted by Gasteiger charge is -2.26. The second kappa shape index (κ2) is 8.22. The molecule has 2 aromatic rings. The SMILES string of the molecule is COc1ccc(CNC[C@H](c2ccco2)N2CCCC2)cc1OC. The number of rotatable bonds is 8. The summed E-state index contributed by atoms with van der Waals surface area (Å²) in [5, 5.41) is 3.56. The van der Waals surface area contributed by atoms with Crippen LogP contribution in [0, 0.1) is 0 Å². The van der Waals surface area contributed by atoms with Crippen LogP contribution in [-0.2, 0) is 6.54 Å². The van der Waals surface area contributed by atoms with Gasteiger partial charge in [-0.15, -0.1) is 0 Å². The first-order valence-electron chi connectivity index (χ1n) is 8.51. The molecule has 1 aliphatic heterocycles. The number of benzene rings is 1. The molecule has 1 N–H and O–H groups in total. The Bertz CT molecular complexity index is 622. The van der Waals surface area contributed by atoms with Crippen molar-refractivity contribution < 1.29 is 13.9 Å². The van der Waals surface area contributed by atoms with E-state index in [9.17, 15) is 0 Å². The van der Waals surface area contributed by atoms with Crippen LogP contribution in [0.4, 0.5) is 0 Å². The predicted octanol–water partition coefficient (Wildman–Crippen LogP) is 3.22. The van der Waals surface area contributed by atoms with Gasteiger partial charge in [-0.25, -0.2) is 0 Å². The summed E-state index contributed by atoms with van der Waals surface area (Å²) in [5.74, 6) is 2.56. The Hall–Kier alpha value is -1.98. The fraction of sp³-hybridized carbons (Fsp3) is 0.474. The third-order valence-electron chi connectivity index (χ3n) is 4.57. The van der Waals surface area contributed by atoms with E-state index in [1.165, 1.54) is 18.4 Å². The van der Waals surface area contributed by atoms with Crippen LogP contribution >= 0.6 is 0 Å². The molecular formula is C19H26N2O3. The van der Waals surface area contributed by atoms with Crippen LogP contribution in [0.1, 0.15) is 30.2 Å². The van der Waals surface area contributed by atoms with Gasteiger partial charge < -0.3 is 19.2 Å². The zero-order valence-corrected chi connectivity index (χ0v) is 14.5. The van der Waals surface area contributed by atoms with Crippen molar-refractivity contribution in [2.75, 3.05) is 33.9 Å². The fourth-order valence-electron chi connectivity index (χ4n) is 3.29. The Balaban J connectivity index is 1.61. The molecule has 0 amide bonds. The minimum Gasteiger partial charge on any atom is -0.493 e. The van der Waals surface area contributed by atoms with Crippen molar-refractivity contribution in [2.45, 2.75) is 25.4 Å². The van der Waals surface area contributed by atoms with Crippen molar-refractivity contribution in [3.8, 4) is 11.5 Å². The van der Waals surface area contributed by atoms with Gasteiger partial charge >= 0.3 is 0 Å². The molecular weight excluding hydrogens is 304 g/mol. The fourth-order valence-corrected chi connectivity index (χ4v) is 3.29.